The molecule has 1 fully saturated rings. The highest BCUT2D eigenvalue weighted by atomic mass is 32.2. The zero-order valence-electron chi connectivity index (χ0n) is 14.2. The first kappa shape index (κ1) is 18.5. The Kier molecular flexibility index (Phi) is 5.36. The van der Waals surface area contributed by atoms with Crippen molar-refractivity contribution in [3.63, 3.8) is 0 Å². The topological polar surface area (TPSA) is 75.7 Å². The lowest BCUT2D eigenvalue weighted by Crippen LogP contribution is -2.44. The Labute approximate surface area is 151 Å². The van der Waals surface area contributed by atoms with Crippen LogP contribution in [0.15, 0.2) is 53.4 Å². The molecule has 1 aliphatic heterocycles. The summed E-state index contributed by atoms with van der Waals surface area (Å²) in [6.07, 6.45) is -0.155. The summed E-state index contributed by atoms with van der Waals surface area (Å²) in [5, 5.41) is 2.56. The average molecular weight is 378 g/mol. The number of nitrogens with zero attached hydrogens (tertiary/aromatic N) is 1. The minimum absolute atomic E-state index is 0.0773. The third-order valence-electron chi connectivity index (χ3n) is 4.07. The van der Waals surface area contributed by atoms with E-state index in [-0.39, 0.29) is 16.6 Å². The van der Waals surface area contributed by atoms with Crippen molar-refractivity contribution in [1.29, 1.82) is 0 Å². The Bertz CT molecular complexity index is 900. The van der Waals surface area contributed by atoms with Crippen molar-refractivity contribution < 1.29 is 22.3 Å². The van der Waals surface area contributed by atoms with Crippen LogP contribution in [0.3, 0.4) is 0 Å². The van der Waals surface area contributed by atoms with E-state index in [1.165, 1.54) is 46.8 Å². The molecule has 6 nitrogen and oxygen atoms in total. The van der Waals surface area contributed by atoms with Gasteiger partial charge in [-0.2, -0.15) is 4.31 Å². The number of carbonyl (C=O) groups is 1. The summed E-state index contributed by atoms with van der Waals surface area (Å²) in [5.74, 6) is -1.22. The number of rotatable bonds is 4. The zero-order valence-corrected chi connectivity index (χ0v) is 15.0. The Morgan fingerprint density at radius 1 is 1.19 bits per heavy atom. The van der Waals surface area contributed by atoms with E-state index in [4.69, 9.17) is 4.74 Å². The minimum Gasteiger partial charge on any atom is -0.376 e. The highest BCUT2D eigenvalue weighted by Gasteiger charge is 2.29. The molecular weight excluding hydrogens is 359 g/mol. The maximum Gasteiger partial charge on any atom is 0.258 e. The van der Waals surface area contributed by atoms with Crippen molar-refractivity contribution in [3.05, 3.63) is 59.9 Å². The van der Waals surface area contributed by atoms with Crippen molar-refractivity contribution in [3.8, 4) is 0 Å². The number of carbonyl (C=O) groups excluding carboxylic acids is 1. The van der Waals surface area contributed by atoms with Gasteiger partial charge in [-0.1, -0.05) is 12.1 Å². The van der Waals surface area contributed by atoms with Gasteiger partial charge in [0.25, 0.3) is 5.91 Å². The van der Waals surface area contributed by atoms with E-state index in [1.807, 2.05) is 6.92 Å². The third kappa shape index (κ3) is 3.92. The fourth-order valence-electron chi connectivity index (χ4n) is 2.71. The number of sulfonamides is 1. The van der Waals surface area contributed by atoms with E-state index in [1.54, 1.807) is 6.07 Å². The first-order valence-electron chi connectivity index (χ1n) is 8.15. The second-order valence-electron chi connectivity index (χ2n) is 6.00. The van der Waals surface area contributed by atoms with Crippen LogP contribution in [-0.2, 0) is 14.8 Å². The number of nitrogens with one attached hydrogen (secondary N) is 1. The molecule has 0 aromatic heterocycles. The lowest BCUT2D eigenvalue weighted by atomic mass is 10.2. The predicted octanol–water partition coefficient (Wildman–Crippen LogP) is 2.49. The third-order valence-corrected chi connectivity index (χ3v) is 5.95. The predicted molar refractivity (Wildman–Crippen MR) is 95.0 cm³/mol. The van der Waals surface area contributed by atoms with E-state index in [0.29, 0.717) is 25.4 Å². The standard InChI is InChI=1S/C18H19FN2O4S/c1-13-12-21(10-11-25-13)26(23,24)15-8-6-14(7-9-15)20-18(22)16-4-2-3-5-17(16)19/h2-9,13H,10-12H2,1H3,(H,20,22). The first-order chi connectivity index (χ1) is 12.4. The Morgan fingerprint density at radius 3 is 2.54 bits per heavy atom. The number of ether oxygens (including phenoxy) is 1. The van der Waals surface area contributed by atoms with E-state index >= 15 is 0 Å². The maximum absolute atomic E-state index is 13.6. The van der Waals surface area contributed by atoms with Crippen molar-refractivity contribution in [2.24, 2.45) is 0 Å². The van der Waals surface area contributed by atoms with Gasteiger partial charge in [-0.3, -0.25) is 4.79 Å². The highest BCUT2D eigenvalue weighted by Crippen LogP contribution is 2.21. The van der Waals surface area contributed by atoms with E-state index < -0.39 is 21.7 Å². The summed E-state index contributed by atoms with van der Waals surface area (Å²) in [6, 6.07) is 11.5. The van der Waals surface area contributed by atoms with Crippen molar-refractivity contribution in [2.75, 3.05) is 25.0 Å². The molecule has 1 aliphatic rings. The van der Waals surface area contributed by atoms with Crippen LogP contribution in [0, 0.1) is 5.82 Å². The van der Waals surface area contributed by atoms with E-state index in [2.05, 4.69) is 5.32 Å². The number of hydrogen-bond donors (Lipinski definition) is 1. The zero-order chi connectivity index (χ0) is 18.7. The highest BCUT2D eigenvalue weighted by molar-refractivity contribution is 7.89. The summed E-state index contributed by atoms with van der Waals surface area (Å²) < 4.78 is 45.7. The summed E-state index contributed by atoms with van der Waals surface area (Å²) in [4.78, 5) is 12.2. The van der Waals surface area contributed by atoms with Crippen LogP contribution in [-0.4, -0.2) is 44.4 Å². The number of amides is 1. The maximum atomic E-state index is 13.6. The minimum atomic E-state index is -3.62. The summed E-state index contributed by atoms with van der Waals surface area (Å²) in [7, 11) is -3.62. The van der Waals surface area contributed by atoms with Gasteiger partial charge in [0.15, 0.2) is 0 Å². The Morgan fingerprint density at radius 2 is 1.88 bits per heavy atom. The van der Waals surface area contributed by atoms with Crippen molar-refractivity contribution >= 4 is 21.6 Å². The van der Waals surface area contributed by atoms with Gasteiger partial charge in [-0.05, 0) is 43.3 Å². The van der Waals surface area contributed by atoms with Crippen LogP contribution in [0.25, 0.3) is 0 Å². The molecule has 138 valence electrons. The van der Waals surface area contributed by atoms with Crippen LogP contribution in [0.4, 0.5) is 10.1 Å². The smallest absolute Gasteiger partial charge is 0.258 e. The van der Waals surface area contributed by atoms with Gasteiger partial charge in [0.05, 0.1) is 23.2 Å². The summed E-state index contributed by atoms with van der Waals surface area (Å²) in [6.45, 7) is 2.78. The van der Waals surface area contributed by atoms with Gasteiger partial charge < -0.3 is 10.1 Å². The summed E-state index contributed by atoms with van der Waals surface area (Å²) in [5.41, 5.74) is 0.305. The number of morpholine rings is 1. The van der Waals surface area contributed by atoms with Crippen LogP contribution >= 0.6 is 0 Å². The normalized spacial score (nSPS) is 18.5. The SMILES string of the molecule is CC1CN(S(=O)(=O)c2ccc(NC(=O)c3ccccc3F)cc2)CCO1. The number of benzene rings is 2. The van der Waals surface area contributed by atoms with Gasteiger partial charge >= 0.3 is 0 Å². The number of anilines is 1. The van der Waals surface area contributed by atoms with Crippen LogP contribution < -0.4 is 5.32 Å². The fourth-order valence-corrected chi connectivity index (χ4v) is 4.21. The molecule has 26 heavy (non-hydrogen) atoms. The monoisotopic (exact) mass is 378 g/mol. The second-order valence-corrected chi connectivity index (χ2v) is 7.94. The quantitative estimate of drug-likeness (QED) is 0.887. The van der Waals surface area contributed by atoms with Gasteiger partial charge in [0.2, 0.25) is 10.0 Å². The second kappa shape index (κ2) is 7.53. The molecular formula is C18H19FN2O4S. The van der Waals surface area contributed by atoms with Crippen LogP contribution in [0.2, 0.25) is 0 Å². The molecule has 0 bridgehead atoms. The number of hydrogen-bond acceptors (Lipinski definition) is 4. The van der Waals surface area contributed by atoms with Gasteiger partial charge in [0, 0.05) is 18.8 Å². The van der Waals surface area contributed by atoms with Crippen molar-refractivity contribution in [1.82, 2.24) is 4.31 Å². The van der Waals surface area contributed by atoms with Gasteiger partial charge in [-0.25, -0.2) is 12.8 Å². The molecule has 1 saturated heterocycles. The molecule has 1 unspecified atom stereocenters. The Hall–Kier alpha value is -2.29. The largest absolute Gasteiger partial charge is 0.376 e. The molecule has 0 radical (unpaired) electrons. The molecule has 1 heterocycles. The fraction of sp³-hybridized carbons (Fsp3) is 0.278. The number of halogens is 1. The molecule has 0 aliphatic carbocycles. The Balaban J connectivity index is 1.74. The molecule has 2 aromatic carbocycles. The first-order valence-corrected chi connectivity index (χ1v) is 9.59. The molecule has 8 heteroatoms. The average Bonchev–Trinajstić information content (AvgIpc) is 2.62. The molecule has 3 rings (SSSR count). The lowest BCUT2D eigenvalue weighted by Gasteiger charge is -2.30. The summed E-state index contributed by atoms with van der Waals surface area (Å²) >= 11 is 0. The molecule has 1 atom stereocenters. The molecule has 2 aromatic rings. The molecule has 1 N–H and O–H groups in total. The molecule has 1 amide bonds. The van der Waals surface area contributed by atoms with Crippen LogP contribution in [0.1, 0.15) is 17.3 Å². The van der Waals surface area contributed by atoms with Gasteiger partial charge in [0.1, 0.15) is 5.82 Å². The van der Waals surface area contributed by atoms with E-state index in [0.717, 1.165) is 0 Å². The van der Waals surface area contributed by atoms with Crippen LogP contribution in [0.5, 0.6) is 0 Å². The molecule has 0 saturated carbocycles. The molecule has 0 spiro atoms. The van der Waals surface area contributed by atoms with Crippen molar-refractivity contribution in [2.45, 2.75) is 17.9 Å². The lowest BCUT2D eigenvalue weighted by molar-refractivity contribution is 0.0102. The van der Waals surface area contributed by atoms with E-state index in [9.17, 15) is 17.6 Å². The van der Waals surface area contributed by atoms with Gasteiger partial charge in [-0.15, -0.1) is 0 Å².